The fourth-order valence-electron chi connectivity index (χ4n) is 2.93. The number of hydrogen-bond acceptors (Lipinski definition) is 5. The van der Waals surface area contributed by atoms with Crippen molar-refractivity contribution in [3.8, 4) is 0 Å². The predicted molar refractivity (Wildman–Crippen MR) is 95.6 cm³/mol. The molecular weight excluding hydrogens is 302 g/mol. The van der Waals surface area contributed by atoms with Gasteiger partial charge in [-0.05, 0) is 30.7 Å². The summed E-state index contributed by atoms with van der Waals surface area (Å²) in [7, 11) is 0. The van der Waals surface area contributed by atoms with Crippen LogP contribution in [0.1, 0.15) is 11.3 Å². The summed E-state index contributed by atoms with van der Waals surface area (Å²) in [6, 6.07) is 10.1. The highest BCUT2D eigenvalue weighted by atomic mass is 15.3. The van der Waals surface area contributed by atoms with Crippen LogP contribution in [0.15, 0.2) is 53.4 Å². The molecule has 0 saturated carbocycles. The van der Waals surface area contributed by atoms with E-state index in [1.54, 1.807) is 6.21 Å². The SMILES string of the molecule is Cc1cc(NC2=CC=NC(N)(Cc3cccc4[nH]ccc34)N2)n[nH]1. The molecule has 1 unspecified atom stereocenters. The second kappa shape index (κ2) is 5.54. The predicted octanol–water partition coefficient (Wildman–Crippen LogP) is 1.98. The van der Waals surface area contributed by atoms with Crippen LogP contribution in [0.3, 0.4) is 0 Å². The van der Waals surface area contributed by atoms with E-state index in [1.807, 2.05) is 37.4 Å². The molecule has 0 radical (unpaired) electrons. The summed E-state index contributed by atoms with van der Waals surface area (Å²) in [5.41, 5.74) is 9.69. The van der Waals surface area contributed by atoms with Crippen molar-refractivity contribution in [3.63, 3.8) is 0 Å². The average molecular weight is 321 g/mol. The van der Waals surface area contributed by atoms with Crippen LogP contribution in [0.25, 0.3) is 10.9 Å². The standard InChI is InChI=1S/C17H19N7/c1-11-9-16(24-23-11)21-15-6-8-20-17(18,22-15)10-12-3-2-4-14-13(12)5-7-19-14/h2-9,19,22H,10,18H2,1H3,(H2,21,23,24). The second-order valence-corrected chi connectivity index (χ2v) is 6.00. The van der Waals surface area contributed by atoms with Gasteiger partial charge in [-0.3, -0.25) is 15.8 Å². The molecule has 7 heteroatoms. The molecule has 0 amide bonds. The minimum Gasteiger partial charge on any atom is -0.361 e. The topological polar surface area (TPSA) is 107 Å². The molecule has 1 atom stereocenters. The molecule has 3 aromatic rings. The summed E-state index contributed by atoms with van der Waals surface area (Å²) in [6.45, 7) is 1.95. The Bertz CT molecular complexity index is 933. The lowest BCUT2D eigenvalue weighted by Crippen LogP contribution is -2.55. The van der Waals surface area contributed by atoms with Gasteiger partial charge in [0.25, 0.3) is 0 Å². The molecule has 4 rings (SSSR count). The number of aliphatic imine (C=N–C) groups is 1. The first kappa shape index (κ1) is 14.5. The van der Waals surface area contributed by atoms with Crippen LogP contribution in [0.5, 0.6) is 0 Å². The van der Waals surface area contributed by atoms with Crippen molar-refractivity contribution in [2.24, 2.45) is 10.7 Å². The first-order valence-electron chi connectivity index (χ1n) is 7.78. The van der Waals surface area contributed by atoms with Gasteiger partial charge < -0.3 is 15.6 Å². The average Bonchev–Trinajstić information content (AvgIpc) is 3.16. The Balaban J connectivity index is 1.54. The lowest BCUT2D eigenvalue weighted by Gasteiger charge is -2.31. The van der Waals surface area contributed by atoms with E-state index < -0.39 is 5.79 Å². The van der Waals surface area contributed by atoms with Gasteiger partial charge in [-0.25, -0.2) is 0 Å². The lowest BCUT2D eigenvalue weighted by molar-refractivity contribution is 0.381. The largest absolute Gasteiger partial charge is 0.361 e. The zero-order valence-electron chi connectivity index (χ0n) is 13.3. The van der Waals surface area contributed by atoms with Gasteiger partial charge in [-0.15, -0.1) is 0 Å². The molecule has 3 heterocycles. The van der Waals surface area contributed by atoms with Crippen molar-refractivity contribution in [1.82, 2.24) is 20.5 Å². The third-order valence-corrected chi connectivity index (χ3v) is 4.01. The Morgan fingerprint density at radius 1 is 1.29 bits per heavy atom. The van der Waals surface area contributed by atoms with E-state index in [1.165, 1.54) is 0 Å². The zero-order chi connectivity index (χ0) is 16.6. The fraction of sp³-hybridized carbons (Fsp3) is 0.176. The summed E-state index contributed by atoms with van der Waals surface area (Å²) in [4.78, 5) is 7.65. The number of aryl methyl sites for hydroxylation is 1. The van der Waals surface area contributed by atoms with Crippen molar-refractivity contribution in [1.29, 1.82) is 0 Å². The number of fused-ring (bicyclic) bond motifs is 1. The summed E-state index contributed by atoms with van der Waals surface area (Å²) in [5.74, 6) is 0.588. The zero-order valence-corrected chi connectivity index (χ0v) is 13.3. The maximum absolute atomic E-state index is 6.47. The summed E-state index contributed by atoms with van der Waals surface area (Å²) in [5, 5.41) is 14.7. The van der Waals surface area contributed by atoms with Crippen molar-refractivity contribution >= 4 is 22.9 Å². The molecule has 0 bridgehead atoms. The number of hydrogen-bond donors (Lipinski definition) is 5. The Hall–Kier alpha value is -3.06. The highest BCUT2D eigenvalue weighted by Gasteiger charge is 2.27. The molecule has 0 aliphatic carbocycles. The summed E-state index contributed by atoms with van der Waals surface area (Å²) >= 11 is 0. The van der Waals surface area contributed by atoms with E-state index in [9.17, 15) is 0 Å². The highest BCUT2D eigenvalue weighted by molar-refractivity contribution is 5.83. The summed E-state index contributed by atoms with van der Waals surface area (Å²) in [6.07, 6.45) is 6.06. The molecule has 122 valence electrons. The lowest BCUT2D eigenvalue weighted by atomic mass is 10.0. The van der Waals surface area contributed by atoms with Crippen molar-refractivity contribution in [2.45, 2.75) is 19.1 Å². The number of nitrogens with two attached hydrogens (primary N) is 1. The Labute approximate surface area is 139 Å². The molecule has 0 saturated heterocycles. The third-order valence-electron chi connectivity index (χ3n) is 4.01. The van der Waals surface area contributed by atoms with Gasteiger partial charge in [-0.2, -0.15) is 5.10 Å². The quantitative estimate of drug-likeness (QED) is 0.506. The second-order valence-electron chi connectivity index (χ2n) is 6.00. The van der Waals surface area contributed by atoms with Crippen molar-refractivity contribution in [3.05, 3.63) is 59.7 Å². The number of allylic oxidation sites excluding steroid dienone is 1. The molecular formula is C17H19N7. The summed E-state index contributed by atoms with van der Waals surface area (Å²) < 4.78 is 0. The number of nitrogens with one attached hydrogen (secondary N) is 4. The molecule has 1 aromatic carbocycles. The maximum Gasteiger partial charge on any atom is 0.187 e. The normalized spacial score (nSPS) is 20.0. The number of anilines is 1. The number of aromatic amines is 2. The Kier molecular flexibility index (Phi) is 3.35. The van der Waals surface area contributed by atoms with Crippen LogP contribution in [-0.4, -0.2) is 27.2 Å². The molecule has 2 aromatic heterocycles. The van der Waals surface area contributed by atoms with Crippen LogP contribution in [0, 0.1) is 6.92 Å². The van der Waals surface area contributed by atoms with Crippen LogP contribution in [0.2, 0.25) is 0 Å². The van der Waals surface area contributed by atoms with E-state index in [-0.39, 0.29) is 0 Å². The van der Waals surface area contributed by atoms with E-state index in [0.717, 1.165) is 33.8 Å². The first-order chi connectivity index (χ1) is 11.6. The number of H-pyrrole nitrogens is 2. The van der Waals surface area contributed by atoms with Crippen LogP contribution >= 0.6 is 0 Å². The van der Waals surface area contributed by atoms with E-state index in [2.05, 4.69) is 42.9 Å². The minimum atomic E-state index is -0.909. The van der Waals surface area contributed by atoms with Crippen LogP contribution in [0.4, 0.5) is 5.82 Å². The van der Waals surface area contributed by atoms with Gasteiger partial charge in [0.15, 0.2) is 11.6 Å². The molecule has 7 nitrogen and oxygen atoms in total. The Morgan fingerprint density at radius 3 is 3.04 bits per heavy atom. The van der Waals surface area contributed by atoms with Gasteiger partial charge in [0.1, 0.15) is 5.82 Å². The Morgan fingerprint density at radius 2 is 2.21 bits per heavy atom. The number of nitrogens with zero attached hydrogens (tertiary/aromatic N) is 2. The molecule has 1 aliphatic heterocycles. The molecule has 0 fully saturated rings. The third kappa shape index (κ3) is 2.77. The van der Waals surface area contributed by atoms with Crippen molar-refractivity contribution < 1.29 is 0 Å². The number of rotatable bonds is 4. The number of benzene rings is 1. The van der Waals surface area contributed by atoms with E-state index in [0.29, 0.717) is 6.42 Å². The molecule has 1 aliphatic rings. The van der Waals surface area contributed by atoms with Crippen LogP contribution < -0.4 is 16.4 Å². The van der Waals surface area contributed by atoms with Crippen LogP contribution in [-0.2, 0) is 6.42 Å². The monoisotopic (exact) mass is 321 g/mol. The minimum absolute atomic E-state index is 0.567. The number of aromatic nitrogens is 3. The van der Waals surface area contributed by atoms with Gasteiger partial charge >= 0.3 is 0 Å². The van der Waals surface area contributed by atoms with Gasteiger partial charge in [0, 0.05) is 41.5 Å². The van der Waals surface area contributed by atoms with E-state index in [4.69, 9.17) is 5.73 Å². The van der Waals surface area contributed by atoms with Crippen molar-refractivity contribution in [2.75, 3.05) is 5.32 Å². The van der Waals surface area contributed by atoms with Gasteiger partial charge in [-0.1, -0.05) is 12.1 Å². The van der Waals surface area contributed by atoms with E-state index >= 15 is 0 Å². The van der Waals surface area contributed by atoms with Gasteiger partial charge in [0.05, 0.1) is 0 Å². The smallest absolute Gasteiger partial charge is 0.187 e. The van der Waals surface area contributed by atoms with Gasteiger partial charge in [0.2, 0.25) is 0 Å². The maximum atomic E-state index is 6.47. The fourth-order valence-corrected chi connectivity index (χ4v) is 2.93. The highest BCUT2D eigenvalue weighted by Crippen LogP contribution is 2.22. The molecule has 24 heavy (non-hydrogen) atoms. The molecule has 0 spiro atoms. The molecule has 6 N–H and O–H groups in total. The first-order valence-corrected chi connectivity index (χ1v) is 7.78.